The second-order valence-corrected chi connectivity index (χ2v) is 5.24. The van der Waals surface area contributed by atoms with E-state index in [2.05, 4.69) is 25.6 Å². The van der Waals surface area contributed by atoms with Crippen molar-refractivity contribution < 1.29 is 0 Å². The molecule has 0 radical (unpaired) electrons. The fourth-order valence-electron chi connectivity index (χ4n) is 1.73. The summed E-state index contributed by atoms with van der Waals surface area (Å²) in [6.07, 6.45) is 2.58. The molecule has 1 fully saturated rings. The van der Waals surface area contributed by atoms with Gasteiger partial charge in [0.05, 0.1) is 0 Å². The van der Waals surface area contributed by atoms with Gasteiger partial charge in [0.15, 0.2) is 0 Å². The van der Waals surface area contributed by atoms with Gasteiger partial charge in [0, 0.05) is 0 Å². The highest BCUT2D eigenvalue weighted by Crippen LogP contribution is 2.39. The van der Waals surface area contributed by atoms with E-state index in [9.17, 15) is 0 Å². The molecule has 0 saturated carbocycles. The molecule has 1 rings (SSSR count). The summed E-state index contributed by atoms with van der Waals surface area (Å²) in [5.41, 5.74) is 6.06. The van der Waals surface area contributed by atoms with Gasteiger partial charge in [-0.05, 0) is 42.2 Å². The molecule has 2 heteroatoms. The van der Waals surface area contributed by atoms with E-state index >= 15 is 0 Å². The van der Waals surface area contributed by atoms with Gasteiger partial charge in [0.25, 0.3) is 0 Å². The fraction of sp³-hybridized carbons (Fsp3) is 1.00. The highest BCUT2D eigenvalue weighted by Gasteiger charge is 2.31. The first-order valence-electron chi connectivity index (χ1n) is 4.44. The number of nitrogens with two attached hydrogens (primary N) is 1. The number of hydrogen-bond donors (Lipinski definition) is 1. The Balaban J connectivity index is 2.41. The molecule has 11 heavy (non-hydrogen) atoms. The maximum atomic E-state index is 5.58. The Morgan fingerprint density at radius 1 is 1.55 bits per heavy atom. The molecule has 1 heterocycles. The monoisotopic (exact) mass is 173 g/mol. The smallest absolute Gasteiger partial charge is 0.00337 e. The minimum Gasteiger partial charge on any atom is -0.330 e. The number of rotatable bonds is 3. The van der Waals surface area contributed by atoms with E-state index in [1.54, 1.807) is 0 Å². The van der Waals surface area contributed by atoms with Gasteiger partial charge in [-0.1, -0.05) is 13.8 Å². The molecule has 1 aliphatic rings. The van der Waals surface area contributed by atoms with Crippen molar-refractivity contribution in [3.8, 4) is 0 Å². The lowest BCUT2D eigenvalue weighted by atomic mass is 9.76. The first-order valence-corrected chi connectivity index (χ1v) is 5.60. The molecule has 66 valence electrons. The maximum absolute atomic E-state index is 5.58. The minimum atomic E-state index is 0.484. The van der Waals surface area contributed by atoms with E-state index < -0.39 is 0 Å². The Kier molecular flexibility index (Phi) is 3.26. The molecule has 0 aliphatic carbocycles. The molecule has 0 spiro atoms. The second kappa shape index (κ2) is 3.81. The zero-order valence-electron chi connectivity index (χ0n) is 7.60. The summed E-state index contributed by atoms with van der Waals surface area (Å²) in [4.78, 5) is 0. The van der Waals surface area contributed by atoms with Crippen LogP contribution in [0, 0.1) is 11.3 Å². The maximum Gasteiger partial charge on any atom is -0.00337 e. The molecule has 1 unspecified atom stereocenters. The van der Waals surface area contributed by atoms with Gasteiger partial charge in [-0.15, -0.1) is 0 Å². The predicted molar refractivity (Wildman–Crippen MR) is 52.9 cm³/mol. The first kappa shape index (κ1) is 9.40. The van der Waals surface area contributed by atoms with E-state index in [-0.39, 0.29) is 0 Å². The summed E-state index contributed by atoms with van der Waals surface area (Å²) in [6.45, 7) is 5.56. The SMILES string of the molecule is CC(C)(CCN)C1CCSC1. The van der Waals surface area contributed by atoms with Crippen molar-refractivity contribution in [2.45, 2.75) is 26.7 Å². The van der Waals surface area contributed by atoms with Crippen molar-refractivity contribution >= 4 is 11.8 Å². The van der Waals surface area contributed by atoms with Crippen LogP contribution in [-0.2, 0) is 0 Å². The van der Waals surface area contributed by atoms with Crippen LogP contribution in [0.1, 0.15) is 26.7 Å². The first-order chi connectivity index (χ1) is 5.17. The van der Waals surface area contributed by atoms with Gasteiger partial charge in [-0.3, -0.25) is 0 Å². The van der Waals surface area contributed by atoms with E-state index in [1.807, 2.05) is 0 Å². The van der Waals surface area contributed by atoms with Gasteiger partial charge in [-0.2, -0.15) is 11.8 Å². The van der Waals surface area contributed by atoms with E-state index in [1.165, 1.54) is 24.3 Å². The normalized spacial score (nSPS) is 25.9. The van der Waals surface area contributed by atoms with Crippen LogP contribution in [0.2, 0.25) is 0 Å². The highest BCUT2D eigenvalue weighted by molar-refractivity contribution is 7.99. The fourth-order valence-corrected chi connectivity index (χ4v) is 3.25. The van der Waals surface area contributed by atoms with E-state index in [0.717, 1.165) is 12.5 Å². The highest BCUT2D eigenvalue weighted by atomic mass is 32.2. The Bertz CT molecular complexity index is 117. The third-order valence-corrected chi connectivity index (χ3v) is 3.99. The molecule has 0 bridgehead atoms. The summed E-state index contributed by atoms with van der Waals surface area (Å²) in [6, 6.07) is 0. The Morgan fingerprint density at radius 3 is 2.73 bits per heavy atom. The summed E-state index contributed by atoms with van der Waals surface area (Å²) < 4.78 is 0. The van der Waals surface area contributed by atoms with Crippen molar-refractivity contribution in [3.05, 3.63) is 0 Å². The van der Waals surface area contributed by atoms with E-state index in [4.69, 9.17) is 5.73 Å². The lowest BCUT2D eigenvalue weighted by molar-refractivity contribution is 0.221. The van der Waals surface area contributed by atoms with E-state index in [0.29, 0.717) is 5.41 Å². The van der Waals surface area contributed by atoms with Gasteiger partial charge in [0.1, 0.15) is 0 Å². The van der Waals surface area contributed by atoms with Crippen LogP contribution in [0.15, 0.2) is 0 Å². The molecule has 1 nitrogen and oxygen atoms in total. The molecule has 2 N–H and O–H groups in total. The third-order valence-electron chi connectivity index (χ3n) is 2.82. The second-order valence-electron chi connectivity index (χ2n) is 4.09. The third kappa shape index (κ3) is 2.38. The molecule has 0 aromatic carbocycles. The summed E-state index contributed by atoms with van der Waals surface area (Å²) >= 11 is 2.09. The van der Waals surface area contributed by atoms with Crippen LogP contribution < -0.4 is 5.73 Å². The Labute approximate surface area is 74.1 Å². The lowest BCUT2D eigenvalue weighted by Gasteiger charge is -2.30. The summed E-state index contributed by atoms with van der Waals surface area (Å²) in [7, 11) is 0. The number of thioether (sulfide) groups is 1. The summed E-state index contributed by atoms with van der Waals surface area (Å²) in [5.74, 6) is 3.63. The average molecular weight is 173 g/mol. The van der Waals surface area contributed by atoms with Gasteiger partial charge < -0.3 is 5.73 Å². The van der Waals surface area contributed by atoms with Crippen molar-refractivity contribution in [3.63, 3.8) is 0 Å². The van der Waals surface area contributed by atoms with Crippen molar-refractivity contribution in [1.82, 2.24) is 0 Å². The quantitative estimate of drug-likeness (QED) is 0.707. The molecule has 0 aromatic heterocycles. The molecular formula is C9H19NS. The minimum absolute atomic E-state index is 0.484. The zero-order valence-corrected chi connectivity index (χ0v) is 8.41. The topological polar surface area (TPSA) is 26.0 Å². The Hall–Kier alpha value is 0.310. The largest absolute Gasteiger partial charge is 0.330 e. The van der Waals surface area contributed by atoms with Crippen LogP contribution in [0.5, 0.6) is 0 Å². The molecule has 1 saturated heterocycles. The molecular weight excluding hydrogens is 154 g/mol. The van der Waals surface area contributed by atoms with Gasteiger partial charge >= 0.3 is 0 Å². The van der Waals surface area contributed by atoms with Gasteiger partial charge in [0.2, 0.25) is 0 Å². The summed E-state index contributed by atoms with van der Waals surface area (Å²) in [5, 5.41) is 0. The molecule has 1 aliphatic heterocycles. The van der Waals surface area contributed by atoms with Crippen molar-refractivity contribution in [1.29, 1.82) is 0 Å². The van der Waals surface area contributed by atoms with Crippen LogP contribution in [-0.4, -0.2) is 18.1 Å². The molecule has 1 atom stereocenters. The van der Waals surface area contributed by atoms with Crippen LogP contribution in [0.25, 0.3) is 0 Å². The van der Waals surface area contributed by atoms with Crippen LogP contribution in [0.3, 0.4) is 0 Å². The van der Waals surface area contributed by atoms with Gasteiger partial charge in [-0.25, -0.2) is 0 Å². The molecule has 0 amide bonds. The Morgan fingerprint density at radius 2 is 2.27 bits per heavy atom. The molecule has 0 aromatic rings. The standard InChI is InChI=1S/C9H19NS/c1-9(2,4-5-10)8-3-6-11-7-8/h8H,3-7,10H2,1-2H3. The lowest BCUT2D eigenvalue weighted by Crippen LogP contribution is -2.26. The van der Waals surface area contributed by atoms with Crippen LogP contribution >= 0.6 is 11.8 Å². The average Bonchev–Trinajstić information content (AvgIpc) is 2.37. The van der Waals surface area contributed by atoms with Crippen molar-refractivity contribution in [2.24, 2.45) is 17.1 Å². The van der Waals surface area contributed by atoms with Crippen LogP contribution in [0.4, 0.5) is 0 Å². The zero-order chi connectivity index (χ0) is 8.32. The van der Waals surface area contributed by atoms with Crippen molar-refractivity contribution in [2.75, 3.05) is 18.1 Å². The predicted octanol–water partition coefficient (Wildman–Crippen LogP) is 2.11. The number of hydrogen-bond acceptors (Lipinski definition) is 2.